The standard InChI is InChI=1S/C10H10O6/c1-13-9(12)5-3-6(11)8-7(4-5)15-10(14-2)16-8/h3-4,10-11H,1-2H3. The Hall–Kier alpha value is -1.95. The first-order valence-corrected chi connectivity index (χ1v) is 4.47. The molecular formula is C10H10O6. The Morgan fingerprint density at radius 2 is 2.12 bits per heavy atom. The van der Waals surface area contributed by atoms with E-state index < -0.39 is 12.4 Å². The van der Waals surface area contributed by atoms with Crippen molar-refractivity contribution in [3.05, 3.63) is 17.7 Å². The Bertz CT molecular complexity index is 428. The van der Waals surface area contributed by atoms with E-state index in [1.807, 2.05) is 0 Å². The number of hydrogen-bond donors (Lipinski definition) is 1. The molecule has 16 heavy (non-hydrogen) atoms. The fourth-order valence-electron chi connectivity index (χ4n) is 1.35. The van der Waals surface area contributed by atoms with Crippen LogP contribution < -0.4 is 9.47 Å². The van der Waals surface area contributed by atoms with Crippen molar-refractivity contribution in [3.63, 3.8) is 0 Å². The fourth-order valence-corrected chi connectivity index (χ4v) is 1.35. The number of methoxy groups -OCH3 is 2. The summed E-state index contributed by atoms with van der Waals surface area (Å²) in [5.41, 5.74) is 0.180. The molecular weight excluding hydrogens is 216 g/mol. The van der Waals surface area contributed by atoms with Crippen molar-refractivity contribution in [2.24, 2.45) is 0 Å². The summed E-state index contributed by atoms with van der Waals surface area (Å²) in [7, 11) is 2.65. The second-order valence-electron chi connectivity index (χ2n) is 3.07. The van der Waals surface area contributed by atoms with E-state index in [1.165, 1.54) is 26.4 Å². The maximum atomic E-state index is 11.3. The minimum absolute atomic E-state index is 0.152. The minimum Gasteiger partial charge on any atom is -0.504 e. The Morgan fingerprint density at radius 3 is 2.75 bits per heavy atom. The van der Waals surface area contributed by atoms with Gasteiger partial charge in [0.25, 0.3) is 0 Å². The molecule has 0 aromatic heterocycles. The molecule has 6 nitrogen and oxygen atoms in total. The number of aromatic hydroxyl groups is 1. The molecule has 1 atom stereocenters. The zero-order chi connectivity index (χ0) is 11.7. The summed E-state index contributed by atoms with van der Waals surface area (Å²) in [5, 5.41) is 9.60. The van der Waals surface area contributed by atoms with Crippen LogP contribution in [-0.2, 0) is 9.47 Å². The molecule has 0 radical (unpaired) electrons. The van der Waals surface area contributed by atoms with Crippen LogP contribution in [-0.4, -0.2) is 31.8 Å². The van der Waals surface area contributed by atoms with Crippen LogP contribution in [0.2, 0.25) is 0 Å². The monoisotopic (exact) mass is 226 g/mol. The van der Waals surface area contributed by atoms with Gasteiger partial charge in [0.1, 0.15) is 0 Å². The highest BCUT2D eigenvalue weighted by molar-refractivity contribution is 5.91. The topological polar surface area (TPSA) is 74.2 Å². The zero-order valence-electron chi connectivity index (χ0n) is 8.72. The van der Waals surface area contributed by atoms with Crippen molar-refractivity contribution in [2.45, 2.75) is 6.48 Å². The molecule has 0 fully saturated rings. The molecule has 1 unspecified atom stereocenters. The lowest BCUT2D eigenvalue weighted by Crippen LogP contribution is -2.19. The number of esters is 1. The molecule has 0 spiro atoms. The third-order valence-corrected chi connectivity index (χ3v) is 2.09. The fraction of sp³-hybridized carbons (Fsp3) is 0.300. The lowest BCUT2D eigenvalue weighted by atomic mass is 10.2. The van der Waals surface area contributed by atoms with Gasteiger partial charge >= 0.3 is 12.4 Å². The molecule has 6 heteroatoms. The van der Waals surface area contributed by atoms with E-state index in [1.54, 1.807) is 0 Å². The van der Waals surface area contributed by atoms with E-state index in [2.05, 4.69) is 4.74 Å². The number of carbonyl (C=O) groups is 1. The molecule has 0 saturated heterocycles. The van der Waals surface area contributed by atoms with Crippen LogP contribution in [0, 0.1) is 0 Å². The van der Waals surface area contributed by atoms with Crippen LogP contribution in [0.5, 0.6) is 17.2 Å². The number of fused-ring (bicyclic) bond motifs is 1. The summed E-state index contributed by atoms with van der Waals surface area (Å²) in [6.45, 7) is -0.909. The quantitative estimate of drug-likeness (QED) is 0.754. The predicted octanol–water partition coefficient (Wildman–Crippen LogP) is 0.880. The summed E-state index contributed by atoms with van der Waals surface area (Å²) in [6.07, 6.45) is 0. The van der Waals surface area contributed by atoms with Gasteiger partial charge in [-0.1, -0.05) is 0 Å². The highest BCUT2D eigenvalue weighted by atomic mass is 16.9. The van der Waals surface area contributed by atoms with Gasteiger partial charge in [0.05, 0.1) is 12.7 Å². The number of ether oxygens (including phenoxy) is 4. The Morgan fingerprint density at radius 1 is 1.38 bits per heavy atom. The van der Waals surface area contributed by atoms with Gasteiger partial charge in [-0.2, -0.15) is 0 Å². The first-order valence-electron chi connectivity index (χ1n) is 4.47. The summed E-state index contributed by atoms with van der Waals surface area (Å²) < 4.78 is 19.6. The SMILES string of the molecule is COC(=O)c1cc(O)c2c(c1)OC(OC)O2. The minimum atomic E-state index is -0.909. The van der Waals surface area contributed by atoms with E-state index in [0.29, 0.717) is 0 Å². The highest BCUT2D eigenvalue weighted by Gasteiger charge is 2.28. The number of hydrogen-bond acceptors (Lipinski definition) is 6. The van der Waals surface area contributed by atoms with Crippen LogP contribution in [0.3, 0.4) is 0 Å². The highest BCUT2D eigenvalue weighted by Crippen LogP contribution is 2.43. The molecule has 0 aliphatic carbocycles. The zero-order valence-corrected chi connectivity index (χ0v) is 8.72. The maximum absolute atomic E-state index is 11.3. The molecule has 86 valence electrons. The van der Waals surface area contributed by atoms with E-state index >= 15 is 0 Å². The summed E-state index contributed by atoms with van der Waals surface area (Å²) in [4.78, 5) is 11.3. The number of rotatable bonds is 2. The molecule has 1 aromatic carbocycles. The first kappa shape index (κ1) is 10.6. The van der Waals surface area contributed by atoms with Gasteiger partial charge in [-0.3, -0.25) is 0 Å². The number of benzene rings is 1. The third-order valence-electron chi connectivity index (χ3n) is 2.09. The predicted molar refractivity (Wildman–Crippen MR) is 51.5 cm³/mol. The van der Waals surface area contributed by atoms with Gasteiger partial charge in [-0.15, -0.1) is 0 Å². The van der Waals surface area contributed by atoms with Crippen molar-refractivity contribution in [2.75, 3.05) is 14.2 Å². The molecule has 0 saturated carbocycles. The second kappa shape index (κ2) is 3.90. The Labute approximate surface area is 91.3 Å². The van der Waals surface area contributed by atoms with Crippen molar-refractivity contribution in [1.82, 2.24) is 0 Å². The molecule has 2 rings (SSSR count). The van der Waals surface area contributed by atoms with Gasteiger partial charge in [0, 0.05) is 7.11 Å². The lowest BCUT2D eigenvalue weighted by Gasteiger charge is -2.05. The average Bonchev–Trinajstić information content (AvgIpc) is 2.71. The Kier molecular flexibility index (Phi) is 2.57. The lowest BCUT2D eigenvalue weighted by molar-refractivity contribution is -0.158. The number of phenolic OH excluding ortho intramolecular Hbond substituents is 1. The normalized spacial score (nSPS) is 17.2. The molecule has 1 heterocycles. The molecule has 0 bridgehead atoms. The van der Waals surface area contributed by atoms with Crippen LogP contribution >= 0.6 is 0 Å². The van der Waals surface area contributed by atoms with Crippen molar-refractivity contribution < 1.29 is 28.8 Å². The van der Waals surface area contributed by atoms with Gasteiger partial charge in [-0.25, -0.2) is 4.79 Å². The molecule has 1 aliphatic heterocycles. The number of carbonyl (C=O) groups excluding carboxylic acids is 1. The van der Waals surface area contributed by atoms with Gasteiger partial charge in [0.2, 0.25) is 5.75 Å². The van der Waals surface area contributed by atoms with Gasteiger partial charge in [-0.05, 0) is 12.1 Å². The summed E-state index contributed by atoms with van der Waals surface area (Å²) in [5.74, 6) is -0.369. The summed E-state index contributed by atoms with van der Waals surface area (Å²) >= 11 is 0. The van der Waals surface area contributed by atoms with Gasteiger partial charge in [0.15, 0.2) is 11.5 Å². The smallest absolute Gasteiger partial charge is 0.361 e. The van der Waals surface area contributed by atoms with Crippen LogP contribution in [0.25, 0.3) is 0 Å². The van der Waals surface area contributed by atoms with Crippen molar-refractivity contribution >= 4 is 5.97 Å². The second-order valence-corrected chi connectivity index (χ2v) is 3.07. The molecule has 1 N–H and O–H groups in total. The van der Waals surface area contributed by atoms with E-state index in [9.17, 15) is 9.90 Å². The maximum Gasteiger partial charge on any atom is 0.361 e. The largest absolute Gasteiger partial charge is 0.504 e. The molecule has 0 amide bonds. The molecule has 1 aliphatic rings. The van der Waals surface area contributed by atoms with Crippen molar-refractivity contribution in [1.29, 1.82) is 0 Å². The van der Waals surface area contributed by atoms with E-state index in [-0.39, 0.29) is 22.8 Å². The number of phenols is 1. The Balaban J connectivity index is 2.37. The average molecular weight is 226 g/mol. The third kappa shape index (κ3) is 1.63. The van der Waals surface area contributed by atoms with Gasteiger partial charge < -0.3 is 24.1 Å². The van der Waals surface area contributed by atoms with Crippen LogP contribution in [0.1, 0.15) is 10.4 Å². The molecule has 1 aromatic rings. The van der Waals surface area contributed by atoms with Crippen LogP contribution in [0.15, 0.2) is 12.1 Å². The summed E-state index contributed by atoms with van der Waals surface area (Å²) in [6, 6.07) is 2.66. The van der Waals surface area contributed by atoms with Crippen molar-refractivity contribution in [3.8, 4) is 17.2 Å². The van der Waals surface area contributed by atoms with E-state index in [0.717, 1.165) is 0 Å². The van der Waals surface area contributed by atoms with Crippen LogP contribution in [0.4, 0.5) is 0 Å². The van der Waals surface area contributed by atoms with E-state index in [4.69, 9.17) is 14.2 Å². The first-order chi connectivity index (χ1) is 7.65.